The number of hydrogen-bond donors (Lipinski definition) is 1. The molecule has 1 unspecified atom stereocenters. The fraction of sp³-hybridized carbons (Fsp3) is 0.421. The number of nitrogens with zero attached hydrogens (tertiary/aromatic N) is 5. The van der Waals surface area contributed by atoms with Crippen LogP contribution in [0.5, 0.6) is 0 Å². The van der Waals surface area contributed by atoms with Crippen LogP contribution in [0.1, 0.15) is 23.2 Å². The van der Waals surface area contributed by atoms with Crippen LogP contribution in [0.4, 0.5) is 5.69 Å². The molecule has 152 valence electrons. The van der Waals surface area contributed by atoms with E-state index >= 15 is 0 Å². The van der Waals surface area contributed by atoms with Crippen LogP contribution >= 0.6 is 0 Å². The average Bonchev–Trinajstić information content (AvgIpc) is 3.24. The Morgan fingerprint density at radius 2 is 2.03 bits per heavy atom. The van der Waals surface area contributed by atoms with E-state index in [0.717, 1.165) is 19.4 Å². The molecule has 0 spiro atoms. The van der Waals surface area contributed by atoms with Crippen molar-refractivity contribution in [3.63, 3.8) is 0 Å². The Kier molecular flexibility index (Phi) is 5.26. The van der Waals surface area contributed by atoms with Crippen LogP contribution in [0.15, 0.2) is 36.7 Å². The average molecular weight is 398 g/mol. The first-order valence-corrected chi connectivity index (χ1v) is 9.62. The van der Waals surface area contributed by atoms with Crippen LogP contribution in [0.3, 0.4) is 0 Å². The lowest BCUT2D eigenvalue weighted by Gasteiger charge is -2.41. The van der Waals surface area contributed by atoms with Crippen molar-refractivity contribution in [2.45, 2.75) is 18.9 Å². The summed E-state index contributed by atoms with van der Waals surface area (Å²) >= 11 is 0. The van der Waals surface area contributed by atoms with Gasteiger partial charge >= 0.3 is 0 Å². The van der Waals surface area contributed by atoms with Crippen LogP contribution in [-0.4, -0.2) is 75.1 Å². The van der Waals surface area contributed by atoms with Gasteiger partial charge in [-0.1, -0.05) is 0 Å². The highest BCUT2D eigenvalue weighted by molar-refractivity contribution is 5.94. The maximum absolute atomic E-state index is 13.0. The molecule has 2 aliphatic rings. The highest BCUT2D eigenvalue weighted by atomic mass is 16.6. The second-order valence-corrected chi connectivity index (χ2v) is 7.26. The van der Waals surface area contributed by atoms with Gasteiger partial charge in [0.2, 0.25) is 5.91 Å². The molecule has 1 aromatic heterocycles. The van der Waals surface area contributed by atoms with Gasteiger partial charge in [0.25, 0.3) is 11.6 Å². The van der Waals surface area contributed by atoms with Crippen LogP contribution in [-0.2, 0) is 4.79 Å². The maximum Gasteiger partial charge on any atom is 0.269 e. The number of rotatable bonds is 4. The summed E-state index contributed by atoms with van der Waals surface area (Å²) in [5.74, 6) is -0.0352. The monoisotopic (exact) mass is 398 g/mol. The van der Waals surface area contributed by atoms with Crippen molar-refractivity contribution in [1.82, 2.24) is 24.9 Å². The molecule has 4 rings (SSSR count). The van der Waals surface area contributed by atoms with Gasteiger partial charge in [-0.25, -0.2) is 4.68 Å². The first kappa shape index (κ1) is 19.1. The Labute approximate surface area is 167 Å². The lowest BCUT2D eigenvalue weighted by atomic mass is 10.0. The second kappa shape index (κ2) is 8.00. The highest BCUT2D eigenvalue weighted by Crippen LogP contribution is 2.20. The quantitative estimate of drug-likeness (QED) is 0.602. The Balaban J connectivity index is 1.45. The van der Waals surface area contributed by atoms with Crippen molar-refractivity contribution >= 4 is 17.5 Å². The molecular formula is C19H22N6O4. The number of aromatic nitrogens is 2. The predicted molar refractivity (Wildman–Crippen MR) is 104 cm³/mol. The number of nitro benzene ring substituents is 1. The fourth-order valence-corrected chi connectivity index (χ4v) is 3.88. The fourth-order valence-electron chi connectivity index (χ4n) is 3.88. The number of hydrogen-bond acceptors (Lipinski definition) is 6. The van der Waals surface area contributed by atoms with Crippen molar-refractivity contribution in [3.8, 4) is 5.69 Å². The zero-order valence-electron chi connectivity index (χ0n) is 15.9. The summed E-state index contributed by atoms with van der Waals surface area (Å²) in [6.45, 7) is 2.97. The molecular weight excluding hydrogens is 376 g/mol. The van der Waals surface area contributed by atoms with Gasteiger partial charge in [-0.2, -0.15) is 5.10 Å². The highest BCUT2D eigenvalue weighted by Gasteiger charge is 2.32. The Morgan fingerprint density at radius 3 is 2.76 bits per heavy atom. The zero-order chi connectivity index (χ0) is 20.4. The number of amides is 2. The number of nitro groups is 1. The van der Waals surface area contributed by atoms with E-state index in [0.29, 0.717) is 37.4 Å². The topological polar surface area (TPSA) is 114 Å². The molecule has 2 fully saturated rings. The summed E-state index contributed by atoms with van der Waals surface area (Å²) < 4.78 is 1.53. The minimum absolute atomic E-state index is 0.000903. The first-order valence-electron chi connectivity index (χ1n) is 9.62. The molecule has 2 aliphatic heterocycles. The van der Waals surface area contributed by atoms with Gasteiger partial charge in [-0.3, -0.25) is 19.7 Å². The number of piperazine rings is 1. The zero-order valence-corrected chi connectivity index (χ0v) is 15.9. The summed E-state index contributed by atoms with van der Waals surface area (Å²) in [6.07, 6.45) is 4.88. The van der Waals surface area contributed by atoms with E-state index in [1.165, 1.54) is 23.0 Å². The van der Waals surface area contributed by atoms with E-state index in [2.05, 4.69) is 10.4 Å². The predicted octanol–water partition coefficient (Wildman–Crippen LogP) is 0.817. The lowest BCUT2D eigenvalue weighted by molar-refractivity contribution is -0.384. The van der Waals surface area contributed by atoms with Gasteiger partial charge in [0.15, 0.2) is 0 Å². The third kappa shape index (κ3) is 3.97. The lowest BCUT2D eigenvalue weighted by Crippen LogP contribution is -2.57. The molecule has 0 saturated carbocycles. The summed E-state index contributed by atoms with van der Waals surface area (Å²) in [4.78, 5) is 39.1. The van der Waals surface area contributed by atoms with Crippen LogP contribution < -0.4 is 5.32 Å². The number of carbonyl (C=O) groups is 2. The number of non-ortho nitro benzene ring substituents is 1. The molecule has 1 atom stereocenters. The molecule has 0 bridgehead atoms. The third-order valence-corrected chi connectivity index (χ3v) is 5.41. The number of benzene rings is 1. The number of nitrogens with one attached hydrogen (secondary N) is 1. The van der Waals surface area contributed by atoms with Gasteiger partial charge < -0.3 is 15.1 Å². The van der Waals surface area contributed by atoms with E-state index in [9.17, 15) is 19.7 Å². The minimum atomic E-state index is -0.461. The van der Waals surface area contributed by atoms with Gasteiger partial charge in [0.05, 0.1) is 28.9 Å². The summed E-state index contributed by atoms with van der Waals surface area (Å²) in [5.41, 5.74) is 1.09. The van der Waals surface area contributed by atoms with E-state index < -0.39 is 4.92 Å². The van der Waals surface area contributed by atoms with Gasteiger partial charge in [0.1, 0.15) is 0 Å². The van der Waals surface area contributed by atoms with Crippen molar-refractivity contribution < 1.29 is 14.5 Å². The molecule has 10 nitrogen and oxygen atoms in total. The van der Waals surface area contributed by atoms with E-state index in [1.807, 2.05) is 4.90 Å². The summed E-state index contributed by atoms with van der Waals surface area (Å²) in [7, 11) is 0. The molecule has 1 N–H and O–H groups in total. The third-order valence-electron chi connectivity index (χ3n) is 5.41. The summed E-state index contributed by atoms with van der Waals surface area (Å²) in [5, 5.41) is 18.1. The van der Waals surface area contributed by atoms with Gasteiger partial charge in [-0.05, 0) is 25.0 Å². The number of likely N-dealkylation sites (tertiary alicyclic amines) is 1. The SMILES string of the molecule is O=C(c1cnn(-c2ccc([N+](=O)[O-])cc2)c1)N1CCCC(N2CCNCC2=O)C1. The second-order valence-electron chi connectivity index (χ2n) is 7.26. The number of carbonyl (C=O) groups excluding carboxylic acids is 2. The largest absolute Gasteiger partial charge is 0.336 e. The van der Waals surface area contributed by atoms with E-state index in [4.69, 9.17) is 0 Å². The number of piperidine rings is 1. The summed E-state index contributed by atoms with van der Waals surface area (Å²) in [6, 6.07) is 6.03. The molecule has 29 heavy (non-hydrogen) atoms. The Bertz CT molecular complexity index is 925. The molecule has 2 aromatic rings. The Morgan fingerprint density at radius 1 is 1.24 bits per heavy atom. The van der Waals surface area contributed by atoms with Gasteiger partial charge in [0, 0.05) is 50.6 Å². The molecule has 1 aromatic carbocycles. The smallest absolute Gasteiger partial charge is 0.269 e. The van der Waals surface area contributed by atoms with Crippen molar-refractivity contribution in [2.24, 2.45) is 0 Å². The molecule has 10 heteroatoms. The standard InChI is InChI=1S/C19H22N6O4/c26-18-11-20-7-9-23(18)17-2-1-8-22(13-17)19(27)14-10-21-24(12-14)15-3-5-16(6-4-15)25(28)29/h3-6,10,12,17,20H,1-2,7-9,11,13H2. The van der Waals surface area contributed by atoms with Crippen molar-refractivity contribution in [1.29, 1.82) is 0 Å². The molecule has 3 heterocycles. The van der Waals surface area contributed by atoms with Crippen LogP contribution in [0.25, 0.3) is 5.69 Å². The van der Waals surface area contributed by atoms with Crippen molar-refractivity contribution in [2.75, 3.05) is 32.7 Å². The first-order chi connectivity index (χ1) is 14.0. The van der Waals surface area contributed by atoms with Crippen LogP contribution in [0.2, 0.25) is 0 Å². The van der Waals surface area contributed by atoms with Crippen molar-refractivity contribution in [3.05, 3.63) is 52.3 Å². The van der Waals surface area contributed by atoms with E-state index in [1.54, 1.807) is 23.2 Å². The molecule has 0 aliphatic carbocycles. The Hall–Kier alpha value is -3.27. The minimum Gasteiger partial charge on any atom is -0.336 e. The van der Waals surface area contributed by atoms with Gasteiger partial charge in [-0.15, -0.1) is 0 Å². The van der Waals surface area contributed by atoms with E-state index in [-0.39, 0.29) is 23.5 Å². The normalized spacial score (nSPS) is 20.0. The van der Waals surface area contributed by atoms with Crippen LogP contribution in [0, 0.1) is 10.1 Å². The molecule has 0 radical (unpaired) electrons. The molecule has 2 amide bonds. The maximum atomic E-state index is 13.0. The molecule has 2 saturated heterocycles.